The van der Waals surface area contributed by atoms with E-state index in [0.29, 0.717) is 0 Å². The Labute approximate surface area is 91.5 Å². The minimum absolute atomic E-state index is 0.839. The van der Waals surface area contributed by atoms with Crippen LogP contribution in [0.15, 0.2) is 0 Å². The second-order valence-corrected chi connectivity index (χ2v) is 5.29. The molecule has 0 heteroatoms. The first kappa shape index (κ1) is 14.0. The van der Waals surface area contributed by atoms with Crippen LogP contribution in [-0.4, -0.2) is 0 Å². The molecule has 0 rings (SSSR count). The first-order valence-electron chi connectivity index (χ1n) is 6.54. The molecule has 0 saturated heterocycles. The van der Waals surface area contributed by atoms with Gasteiger partial charge in [-0.25, -0.2) is 0 Å². The summed E-state index contributed by atoms with van der Waals surface area (Å²) < 4.78 is 0. The van der Waals surface area contributed by atoms with Gasteiger partial charge in [-0.2, -0.15) is 0 Å². The normalized spacial score (nSPS) is 18.2. The van der Waals surface area contributed by atoms with Gasteiger partial charge in [0.05, 0.1) is 0 Å². The molecule has 0 nitrogen and oxygen atoms in total. The van der Waals surface area contributed by atoms with Crippen molar-refractivity contribution in [1.29, 1.82) is 0 Å². The lowest BCUT2D eigenvalue weighted by Gasteiger charge is -2.31. The van der Waals surface area contributed by atoms with Gasteiger partial charge in [0.2, 0.25) is 0 Å². The molecule has 0 N–H and O–H groups in total. The Morgan fingerprint density at radius 2 is 1.50 bits per heavy atom. The first-order valence-corrected chi connectivity index (χ1v) is 6.54. The van der Waals surface area contributed by atoms with Gasteiger partial charge in [-0.15, -0.1) is 0 Å². The van der Waals surface area contributed by atoms with Gasteiger partial charge < -0.3 is 0 Å². The van der Waals surface area contributed by atoms with E-state index in [1.54, 1.807) is 0 Å². The van der Waals surface area contributed by atoms with Gasteiger partial charge in [-0.1, -0.05) is 60.8 Å². The molecule has 3 atom stereocenters. The summed E-state index contributed by atoms with van der Waals surface area (Å²) in [5.41, 5.74) is 0. The molecular formula is C14H30. The second-order valence-electron chi connectivity index (χ2n) is 5.29. The van der Waals surface area contributed by atoms with Crippen LogP contribution in [-0.2, 0) is 0 Å². The second kappa shape index (κ2) is 7.31. The summed E-state index contributed by atoms with van der Waals surface area (Å²) in [5.74, 6) is 3.57. The molecule has 0 radical (unpaired) electrons. The van der Waals surface area contributed by atoms with Crippen molar-refractivity contribution in [3.05, 3.63) is 0 Å². The molecule has 0 aromatic rings. The number of hydrogen-bond acceptors (Lipinski definition) is 0. The topological polar surface area (TPSA) is 0 Å². The standard InChI is InChI=1S/C14H30/c1-7-9-10-14(12(5)8-2)13(6)11(3)4/h11-14H,7-10H2,1-6H3. The van der Waals surface area contributed by atoms with Gasteiger partial charge in [0, 0.05) is 0 Å². The van der Waals surface area contributed by atoms with Crippen molar-refractivity contribution >= 4 is 0 Å². The zero-order valence-electron chi connectivity index (χ0n) is 11.1. The zero-order valence-corrected chi connectivity index (χ0v) is 11.1. The lowest BCUT2D eigenvalue weighted by atomic mass is 9.74. The van der Waals surface area contributed by atoms with Crippen LogP contribution >= 0.6 is 0 Å². The maximum absolute atomic E-state index is 2.44. The molecule has 14 heavy (non-hydrogen) atoms. The third-order valence-corrected chi connectivity index (χ3v) is 3.99. The fraction of sp³-hybridized carbons (Fsp3) is 1.00. The lowest BCUT2D eigenvalue weighted by Crippen LogP contribution is -2.23. The number of hydrogen-bond donors (Lipinski definition) is 0. The van der Waals surface area contributed by atoms with E-state index in [4.69, 9.17) is 0 Å². The van der Waals surface area contributed by atoms with Crippen LogP contribution in [0.4, 0.5) is 0 Å². The molecule has 0 heterocycles. The summed E-state index contributed by atoms with van der Waals surface area (Å²) in [7, 11) is 0. The molecule has 0 bridgehead atoms. The van der Waals surface area contributed by atoms with E-state index in [9.17, 15) is 0 Å². The van der Waals surface area contributed by atoms with E-state index in [1.807, 2.05) is 0 Å². The summed E-state index contributed by atoms with van der Waals surface area (Å²) >= 11 is 0. The summed E-state index contributed by atoms with van der Waals surface area (Å²) in [6, 6.07) is 0. The van der Waals surface area contributed by atoms with Gasteiger partial charge in [0.15, 0.2) is 0 Å². The SMILES string of the molecule is CCCCC(C(C)CC)C(C)C(C)C. The Morgan fingerprint density at radius 3 is 1.86 bits per heavy atom. The highest BCUT2D eigenvalue weighted by molar-refractivity contribution is 4.73. The summed E-state index contributed by atoms with van der Waals surface area (Å²) in [4.78, 5) is 0. The Kier molecular flexibility index (Phi) is 7.31. The Balaban J connectivity index is 4.22. The molecule has 0 aromatic heterocycles. The number of unbranched alkanes of at least 4 members (excludes halogenated alkanes) is 1. The van der Waals surface area contributed by atoms with Crippen LogP contribution in [0, 0.1) is 23.7 Å². The molecule has 86 valence electrons. The smallest absolute Gasteiger partial charge is 0.0360 e. The van der Waals surface area contributed by atoms with Crippen LogP contribution in [0.5, 0.6) is 0 Å². The molecule has 0 aromatic carbocycles. The van der Waals surface area contributed by atoms with Crippen LogP contribution in [0.1, 0.15) is 67.2 Å². The van der Waals surface area contributed by atoms with Crippen molar-refractivity contribution in [2.24, 2.45) is 23.7 Å². The molecule has 0 aliphatic carbocycles. The quantitative estimate of drug-likeness (QED) is 0.532. The summed E-state index contributed by atoms with van der Waals surface area (Å²) in [6.07, 6.45) is 5.53. The molecule has 0 amide bonds. The largest absolute Gasteiger partial charge is 0.0654 e. The molecule has 0 aliphatic rings. The van der Waals surface area contributed by atoms with E-state index >= 15 is 0 Å². The average Bonchev–Trinajstić information content (AvgIpc) is 2.17. The van der Waals surface area contributed by atoms with Crippen LogP contribution < -0.4 is 0 Å². The van der Waals surface area contributed by atoms with Gasteiger partial charge >= 0.3 is 0 Å². The average molecular weight is 198 g/mol. The van der Waals surface area contributed by atoms with Crippen molar-refractivity contribution in [1.82, 2.24) is 0 Å². The fourth-order valence-corrected chi connectivity index (χ4v) is 2.30. The van der Waals surface area contributed by atoms with Crippen molar-refractivity contribution in [3.63, 3.8) is 0 Å². The Bertz CT molecular complexity index is 126. The zero-order chi connectivity index (χ0) is 11.1. The predicted molar refractivity (Wildman–Crippen MR) is 66.5 cm³/mol. The van der Waals surface area contributed by atoms with Crippen molar-refractivity contribution in [2.75, 3.05) is 0 Å². The molecule has 0 fully saturated rings. The predicted octanol–water partition coefficient (Wildman–Crippen LogP) is 5.13. The van der Waals surface area contributed by atoms with Gasteiger partial charge in [-0.05, 0) is 30.1 Å². The maximum Gasteiger partial charge on any atom is -0.0360 e. The van der Waals surface area contributed by atoms with E-state index in [-0.39, 0.29) is 0 Å². The fourth-order valence-electron chi connectivity index (χ4n) is 2.30. The van der Waals surface area contributed by atoms with Crippen LogP contribution in [0.25, 0.3) is 0 Å². The van der Waals surface area contributed by atoms with E-state index in [0.717, 1.165) is 23.7 Å². The van der Waals surface area contributed by atoms with E-state index < -0.39 is 0 Å². The Morgan fingerprint density at radius 1 is 0.929 bits per heavy atom. The van der Waals surface area contributed by atoms with Crippen LogP contribution in [0.3, 0.4) is 0 Å². The number of rotatable bonds is 7. The summed E-state index contributed by atoms with van der Waals surface area (Å²) in [6.45, 7) is 14.2. The van der Waals surface area contributed by atoms with Crippen molar-refractivity contribution in [2.45, 2.75) is 67.2 Å². The van der Waals surface area contributed by atoms with Crippen molar-refractivity contribution in [3.8, 4) is 0 Å². The van der Waals surface area contributed by atoms with Gasteiger partial charge in [0.1, 0.15) is 0 Å². The van der Waals surface area contributed by atoms with Gasteiger partial charge in [-0.3, -0.25) is 0 Å². The minimum Gasteiger partial charge on any atom is -0.0654 e. The van der Waals surface area contributed by atoms with E-state index in [2.05, 4.69) is 41.5 Å². The van der Waals surface area contributed by atoms with E-state index in [1.165, 1.54) is 25.7 Å². The van der Waals surface area contributed by atoms with Crippen molar-refractivity contribution < 1.29 is 0 Å². The van der Waals surface area contributed by atoms with Crippen LogP contribution in [0.2, 0.25) is 0 Å². The monoisotopic (exact) mass is 198 g/mol. The minimum atomic E-state index is 0.839. The highest BCUT2D eigenvalue weighted by atomic mass is 14.3. The molecule has 0 aliphatic heterocycles. The lowest BCUT2D eigenvalue weighted by molar-refractivity contribution is 0.183. The molecule has 3 unspecified atom stereocenters. The Hall–Kier alpha value is 0. The summed E-state index contributed by atoms with van der Waals surface area (Å²) in [5, 5.41) is 0. The van der Waals surface area contributed by atoms with Gasteiger partial charge in [0.25, 0.3) is 0 Å². The third kappa shape index (κ3) is 4.48. The first-order chi connectivity index (χ1) is 6.54. The molecule has 0 saturated carbocycles. The molecular weight excluding hydrogens is 168 g/mol. The highest BCUT2D eigenvalue weighted by Gasteiger charge is 2.23. The molecule has 0 spiro atoms. The highest BCUT2D eigenvalue weighted by Crippen LogP contribution is 2.32. The third-order valence-electron chi connectivity index (χ3n) is 3.99. The maximum atomic E-state index is 2.44.